The van der Waals surface area contributed by atoms with Crippen LogP contribution in [0.2, 0.25) is 0 Å². The highest BCUT2D eigenvalue weighted by molar-refractivity contribution is 8.14. The maximum absolute atomic E-state index is 10.5. The molecule has 1 fully saturated rings. The van der Waals surface area contributed by atoms with Gasteiger partial charge in [-0.05, 0) is 18.2 Å². The molecule has 1 aliphatic heterocycles. The molecule has 1 aromatic rings. The van der Waals surface area contributed by atoms with E-state index in [0.717, 1.165) is 31.4 Å². The summed E-state index contributed by atoms with van der Waals surface area (Å²) in [5, 5.41) is 0.868. The van der Waals surface area contributed by atoms with Gasteiger partial charge < -0.3 is 9.63 Å². The normalized spacial score (nSPS) is 22.3. The largest absolute Gasteiger partial charge is 0.380 e. The fourth-order valence-corrected chi connectivity index (χ4v) is 4.30. The SMILES string of the molecule is OP(=S)(c1ccccc1)N1CCCOCC1. The molecule has 1 unspecified atom stereocenters. The Kier molecular flexibility index (Phi) is 4.11. The molecule has 1 heterocycles. The molecular formula is C11H16NO2PS. The van der Waals surface area contributed by atoms with Crippen molar-refractivity contribution in [3.63, 3.8) is 0 Å². The van der Waals surface area contributed by atoms with Crippen LogP contribution in [0.15, 0.2) is 30.3 Å². The molecule has 0 aromatic heterocycles. The van der Waals surface area contributed by atoms with Crippen LogP contribution in [0.5, 0.6) is 0 Å². The average molecular weight is 257 g/mol. The van der Waals surface area contributed by atoms with Gasteiger partial charge in [0.25, 0.3) is 0 Å². The summed E-state index contributed by atoms with van der Waals surface area (Å²) in [5.41, 5.74) is 0. The number of rotatable bonds is 2. The van der Waals surface area contributed by atoms with Crippen molar-refractivity contribution < 1.29 is 9.63 Å². The molecular weight excluding hydrogens is 241 g/mol. The molecule has 0 bridgehead atoms. The molecule has 3 nitrogen and oxygen atoms in total. The van der Waals surface area contributed by atoms with Gasteiger partial charge in [-0.15, -0.1) is 0 Å². The first kappa shape index (κ1) is 12.2. The maximum atomic E-state index is 10.5. The number of hydrogen-bond donors (Lipinski definition) is 1. The molecule has 16 heavy (non-hydrogen) atoms. The van der Waals surface area contributed by atoms with Gasteiger partial charge in [0, 0.05) is 25.0 Å². The quantitative estimate of drug-likeness (QED) is 0.810. The van der Waals surface area contributed by atoms with Crippen molar-refractivity contribution in [2.75, 3.05) is 26.3 Å². The highest BCUT2D eigenvalue weighted by atomic mass is 32.4. The predicted molar refractivity (Wildman–Crippen MR) is 69.6 cm³/mol. The molecule has 5 heteroatoms. The van der Waals surface area contributed by atoms with Gasteiger partial charge in [-0.2, -0.15) is 0 Å². The molecule has 0 amide bonds. The molecule has 0 saturated carbocycles. The third-order valence-corrected chi connectivity index (χ3v) is 6.14. The van der Waals surface area contributed by atoms with Crippen molar-refractivity contribution in [3.8, 4) is 0 Å². The lowest BCUT2D eigenvalue weighted by Gasteiger charge is -2.29. The monoisotopic (exact) mass is 257 g/mol. The third-order valence-electron chi connectivity index (χ3n) is 2.67. The summed E-state index contributed by atoms with van der Waals surface area (Å²) in [6.07, 6.45) is -1.63. The van der Waals surface area contributed by atoms with E-state index in [1.807, 2.05) is 35.0 Å². The second kappa shape index (κ2) is 5.39. The zero-order chi connectivity index (χ0) is 11.4. The van der Waals surface area contributed by atoms with Gasteiger partial charge in [-0.25, -0.2) is 4.67 Å². The van der Waals surface area contributed by atoms with Crippen LogP contribution in [-0.2, 0) is 16.5 Å². The van der Waals surface area contributed by atoms with E-state index in [1.54, 1.807) is 0 Å². The summed E-state index contributed by atoms with van der Waals surface area (Å²) in [7, 11) is 0. The van der Waals surface area contributed by atoms with Gasteiger partial charge in [-0.1, -0.05) is 30.3 Å². The highest BCUT2D eigenvalue weighted by Crippen LogP contribution is 2.44. The molecule has 1 aliphatic rings. The zero-order valence-electron chi connectivity index (χ0n) is 9.08. The predicted octanol–water partition coefficient (Wildman–Crippen LogP) is 1.34. The van der Waals surface area contributed by atoms with E-state index in [0.29, 0.717) is 6.61 Å². The van der Waals surface area contributed by atoms with Crippen LogP contribution in [0.1, 0.15) is 6.42 Å². The van der Waals surface area contributed by atoms with Crippen molar-refractivity contribution in [3.05, 3.63) is 30.3 Å². The highest BCUT2D eigenvalue weighted by Gasteiger charge is 2.25. The first-order valence-electron chi connectivity index (χ1n) is 5.43. The van der Waals surface area contributed by atoms with Gasteiger partial charge >= 0.3 is 0 Å². The number of hydrogen-bond acceptors (Lipinski definition) is 2. The molecule has 88 valence electrons. The van der Waals surface area contributed by atoms with Crippen molar-refractivity contribution >= 4 is 23.5 Å². The first-order valence-corrected chi connectivity index (χ1v) is 8.13. The smallest absolute Gasteiger partial charge is 0.159 e. The van der Waals surface area contributed by atoms with Crippen molar-refractivity contribution in [1.82, 2.24) is 4.67 Å². The van der Waals surface area contributed by atoms with E-state index in [-0.39, 0.29) is 0 Å². The van der Waals surface area contributed by atoms with Crippen LogP contribution in [0.4, 0.5) is 0 Å². The van der Waals surface area contributed by atoms with Crippen LogP contribution in [0, 0.1) is 0 Å². The third kappa shape index (κ3) is 2.70. The first-order chi connectivity index (χ1) is 7.71. The Labute approximate surface area is 101 Å². The fourth-order valence-electron chi connectivity index (χ4n) is 1.79. The van der Waals surface area contributed by atoms with Crippen LogP contribution < -0.4 is 5.30 Å². The Bertz CT molecular complexity index is 377. The standard InChI is InChI=1S/C11H16NO2PS/c13-15(16,11-5-2-1-3-6-11)12-7-4-9-14-10-8-12/h1-3,5-6H,4,7-10H2,(H,13,16). The fraction of sp³-hybridized carbons (Fsp3) is 0.455. The summed E-state index contributed by atoms with van der Waals surface area (Å²) < 4.78 is 7.38. The van der Waals surface area contributed by atoms with E-state index in [9.17, 15) is 4.89 Å². The molecule has 1 saturated heterocycles. The summed E-state index contributed by atoms with van der Waals surface area (Å²) in [6.45, 7) is 2.97. The zero-order valence-corrected chi connectivity index (χ0v) is 10.8. The van der Waals surface area contributed by atoms with Crippen molar-refractivity contribution in [1.29, 1.82) is 0 Å². The molecule has 0 radical (unpaired) electrons. The van der Waals surface area contributed by atoms with Gasteiger partial charge in [0.05, 0.1) is 6.61 Å². The van der Waals surface area contributed by atoms with E-state index in [2.05, 4.69) is 0 Å². The Hall–Kier alpha value is -0.250. The molecule has 1 aromatic carbocycles. The van der Waals surface area contributed by atoms with Gasteiger partial charge in [0.15, 0.2) is 6.42 Å². The minimum absolute atomic E-state index is 0.659. The van der Waals surface area contributed by atoms with E-state index < -0.39 is 6.42 Å². The number of benzene rings is 1. The summed E-state index contributed by atoms with van der Waals surface area (Å²) >= 11 is 5.43. The molecule has 1 N–H and O–H groups in total. The number of ether oxygens (including phenoxy) is 1. The summed E-state index contributed by atoms with van der Waals surface area (Å²) in [5.74, 6) is 0. The lowest BCUT2D eigenvalue weighted by Crippen LogP contribution is -2.28. The number of nitrogens with zero attached hydrogens (tertiary/aromatic N) is 1. The van der Waals surface area contributed by atoms with Gasteiger partial charge in [0.1, 0.15) is 0 Å². The lowest BCUT2D eigenvalue weighted by atomic mass is 10.4. The minimum atomic E-state index is -2.56. The Morgan fingerprint density at radius 3 is 2.69 bits per heavy atom. The average Bonchev–Trinajstić information content (AvgIpc) is 2.59. The van der Waals surface area contributed by atoms with Crippen LogP contribution in [0.25, 0.3) is 0 Å². The minimum Gasteiger partial charge on any atom is -0.380 e. The molecule has 2 rings (SSSR count). The second-order valence-corrected chi connectivity index (χ2v) is 7.50. The maximum Gasteiger partial charge on any atom is 0.159 e. The lowest BCUT2D eigenvalue weighted by molar-refractivity contribution is 0.148. The van der Waals surface area contributed by atoms with Crippen LogP contribution >= 0.6 is 6.42 Å². The Balaban J connectivity index is 2.20. The summed E-state index contributed by atoms with van der Waals surface area (Å²) in [4.78, 5) is 10.5. The Morgan fingerprint density at radius 1 is 1.19 bits per heavy atom. The van der Waals surface area contributed by atoms with E-state index in [1.165, 1.54) is 0 Å². The van der Waals surface area contributed by atoms with Crippen molar-refractivity contribution in [2.45, 2.75) is 6.42 Å². The molecule has 1 atom stereocenters. The van der Waals surface area contributed by atoms with E-state index in [4.69, 9.17) is 16.5 Å². The van der Waals surface area contributed by atoms with Gasteiger partial charge in [0.2, 0.25) is 0 Å². The van der Waals surface area contributed by atoms with Crippen molar-refractivity contribution in [2.24, 2.45) is 0 Å². The Morgan fingerprint density at radius 2 is 1.94 bits per heavy atom. The van der Waals surface area contributed by atoms with Gasteiger partial charge in [-0.3, -0.25) is 0 Å². The summed E-state index contributed by atoms with van der Waals surface area (Å²) in [6, 6.07) is 9.59. The second-order valence-electron chi connectivity index (χ2n) is 3.80. The molecule has 0 spiro atoms. The van der Waals surface area contributed by atoms with E-state index >= 15 is 0 Å². The van der Waals surface area contributed by atoms with Crippen LogP contribution in [0.3, 0.4) is 0 Å². The van der Waals surface area contributed by atoms with Crippen LogP contribution in [-0.4, -0.2) is 35.9 Å². The molecule has 0 aliphatic carbocycles. The topological polar surface area (TPSA) is 32.7 Å².